The van der Waals surface area contributed by atoms with E-state index in [4.69, 9.17) is 38.4 Å². The van der Waals surface area contributed by atoms with Crippen molar-refractivity contribution in [3.05, 3.63) is 52.7 Å². The van der Waals surface area contributed by atoms with Gasteiger partial charge in [-0.2, -0.15) is 0 Å². The lowest BCUT2D eigenvalue weighted by Crippen LogP contribution is -2.48. The van der Waals surface area contributed by atoms with Crippen molar-refractivity contribution < 1.29 is 9.47 Å². The zero-order valence-electron chi connectivity index (χ0n) is 15.6. The number of hydrogen-bond donors (Lipinski definition) is 2. The van der Waals surface area contributed by atoms with Gasteiger partial charge in [-0.25, -0.2) is 19.7 Å². The number of halogens is 2. The molecule has 4 rings (SSSR count). The summed E-state index contributed by atoms with van der Waals surface area (Å²) >= 11 is 13.0. The van der Waals surface area contributed by atoms with Crippen LogP contribution in [0.3, 0.4) is 0 Å². The van der Waals surface area contributed by atoms with Crippen LogP contribution in [0.25, 0.3) is 11.0 Å². The van der Waals surface area contributed by atoms with E-state index >= 15 is 0 Å². The third-order valence-corrected chi connectivity index (χ3v) is 5.19. The van der Waals surface area contributed by atoms with Crippen molar-refractivity contribution in [3.8, 4) is 11.5 Å². The maximum absolute atomic E-state index is 6.52. The Morgan fingerprint density at radius 2 is 1.79 bits per heavy atom. The Kier molecular flexibility index (Phi) is 5.23. The maximum Gasteiger partial charge on any atom is 0.228 e. The highest BCUT2D eigenvalue weighted by atomic mass is 35.5. The van der Waals surface area contributed by atoms with Gasteiger partial charge in [-0.15, -0.1) is 0 Å². The van der Waals surface area contributed by atoms with Gasteiger partial charge in [0.15, 0.2) is 0 Å². The third kappa shape index (κ3) is 3.35. The predicted octanol–water partition coefficient (Wildman–Crippen LogP) is 3.88. The summed E-state index contributed by atoms with van der Waals surface area (Å²) in [4.78, 5) is 8.86. The Labute approximate surface area is 177 Å². The molecule has 1 aromatic heterocycles. The number of aliphatic imine (C=N–C) groups is 1. The van der Waals surface area contributed by atoms with Crippen molar-refractivity contribution >= 4 is 52.2 Å². The van der Waals surface area contributed by atoms with Gasteiger partial charge in [0.1, 0.15) is 34.0 Å². The first-order valence-electron chi connectivity index (χ1n) is 8.63. The van der Waals surface area contributed by atoms with Gasteiger partial charge in [0.25, 0.3) is 0 Å². The average molecular weight is 433 g/mol. The highest BCUT2D eigenvalue weighted by molar-refractivity contribution is 6.41. The van der Waals surface area contributed by atoms with Crippen molar-refractivity contribution in [1.29, 1.82) is 0 Å². The number of para-hydroxylation sites is 2. The number of anilines is 2. The van der Waals surface area contributed by atoms with E-state index in [1.165, 1.54) is 14.2 Å². The second-order valence-corrected chi connectivity index (χ2v) is 6.88. The van der Waals surface area contributed by atoms with Crippen LogP contribution in [0.5, 0.6) is 11.5 Å². The number of nitrogens with zero attached hydrogens (tertiary/aromatic N) is 4. The van der Waals surface area contributed by atoms with Gasteiger partial charge in [-0.05, 0) is 18.2 Å². The molecule has 0 amide bonds. The van der Waals surface area contributed by atoms with E-state index in [1.807, 2.05) is 28.9 Å². The zero-order chi connectivity index (χ0) is 20.5. The van der Waals surface area contributed by atoms with Crippen molar-refractivity contribution in [3.63, 3.8) is 0 Å². The fraction of sp³-hybridized carbons (Fsp3) is 0.158. The second kappa shape index (κ2) is 7.82. The van der Waals surface area contributed by atoms with Crippen molar-refractivity contribution in [2.24, 2.45) is 10.7 Å². The van der Waals surface area contributed by atoms with Crippen LogP contribution >= 0.6 is 23.2 Å². The summed E-state index contributed by atoms with van der Waals surface area (Å²) in [5.74, 6) is 1.28. The normalized spacial score (nSPS) is 15.8. The van der Waals surface area contributed by atoms with Gasteiger partial charge in [-0.3, -0.25) is 0 Å². The van der Waals surface area contributed by atoms with Gasteiger partial charge in [0.05, 0.1) is 30.9 Å². The average Bonchev–Trinajstić information content (AvgIpc) is 3.09. The van der Waals surface area contributed by atoms with Crippen LogP contribution in [-0.2, 0) is 0 Å². The smallest absolute Gasteiger partial charge is 0.228 e. The molecule has 0 aliphatic carbocycles. The minimum atomic E-state index is -0.434. The Bertz CT molecular complexity index is 1100. The monoisotopic (exact) mass is 432 g/mol. The highest BCUT2D eigenvalue weighted by Crippen LogP contribution is 2.45. The molecule has 0 bridgehead atoms. The minimum Gasteiger partial charge on any atom is -0.495 e. The lowest BCUT2D eigenvalue weighted by molar-refractivity contribution is 0.395. The molecule has 150 valence electrons. The SMILES string of the molecule is COc1cc(OC)c(Cl)c(Nc2nc3ccccc3n2N2C=NC=CC2N)c1Cl. The quantitative estimate of drug-likeness (QED) is 0.635. The van der Waals surface area contributed by atoms with Crippen LogP contribution < -0.4 is 25.5 Å². The fourth-order valence-electron chi connectivity index (χ4n) is 3.03. The summed E-state index contributed by atoms with van der Waals surface area (Å²) in [6.07, 6.45) is 4.61. The molecular weight excluding hydrogens is 415 g/mol. The molecule has 2 heterocycles. The van der Waals surface area contributed by atoms with Crippen molar-refractivity contribution in [2.45, 2.75) is 6.17 Å². The first-order chi connectivity index (χ1) is 14.0. The van der Waals surface area contributed by atoms with Crippen LogP contribution in [-0.4, -0.2) is 36.4 Å². The van der Waals surface area contributed by atoms with Crippen molar-refractivity contribution in [2.75, 3.05) is 24.5 Å². The van der Waals surface area contributed by atoms with E-state index in [0.717, 1.165) is 11.0 Å². The van der Waals surface area contributed by atoms with Crippen LogP contribution in [0.15, 0.2) is 47.6 Å². The van der Waals surface area contributed by atoms with Gasteiger partial charge < -0.3 is 20.5 Å². The van der Waals surface area contributed by atoms with E-state index < -0.39 is 6.17 Å². The van der Waals surface area contributed by atoms with Crippen LogP contribution in [0.1, 0.15) is 0 Å². The van der Waals surface area contributed by atoms with Crippen LogP contribution in [0.2, 0.25) is 10.0 Å². The summed E-state index contributed by atoms with van der Waals surface area (Å²) < 4.78 is 12.5. The molecular formula is C19H18Cl2N6O2. The second-order valence-electron chi connectivity index (χ2n) is 6.12. The number of nitrogens with one attached hydrogen (secondary N) is 1. The molecule has 1 atom stereocenters. The molecule has 3 aromatic rings. The zero-order valence-corrected chi connectivity index (χ0v) is 17.1. The number of aromatic nitrogens is 2. The first-order valence-corrected chi connectivity index (χ1v) is 9.39. The summed E-state index contributed by atoms with van der Waals surface area (Å²) in [7, 11) is 3.03. The number of imidazole rings is 1. The lowest BCUT2D eigenvalue weighted by Gasteiger charge is -2.29. The molecule has 1 aliphatic rings. The van der Waals surface area contributed by atoms with Gasteiger partial charge in [0.2, 0.25) is 5.95 Å². The topological polar surface area (TPSA) is 89.9 Å². The van der Waals surface area contributed by atoms with E-state index in [2.05, 4.69) is 15.3 Å². The summed E-state index contributed by atoms with van der Waals surface area (Å²) in [5, 5.41) is 5.56. The first kappa shape index (κ1) is 19.4. The largest absolute Gasteiger partial charge is 0.495 e. The molecule has 1 unspecified atom stereocenters. The van der Waals surface area contributed by atoms with E-state index in [0.29, 0.717) is 33.2 Å². The number of methoxy groups -OCH3 is 2. The summed E-state index contributed by atoms with van der Waals surface area (Å²) in [6.45, 7) is 0. The van der Waals surface area contributed by atoms with Gasteiger partial charge >= 0.3 is 0 Å². The number of ether oxygens (including phenoxy) is 2. The highest BCUT2D eigenvalue weighted by Gasteiger charge is 2.23. The fourth-order valence-corrected chi connectivity index (χ4v) is 3.63. The lowest BCUT2D eigenvalue weighted by atomic mass is 10.2. The Morgan fingerprint density at radius 1 is 1.10 bits per heavy atom. The molecule has 10 heteroatoms. The molecule has 3 N–H and O–H groups in total. The molecule has 0 saturated carbocycles. The Hall–Kier alpha value is -2.94. The van der Waals surface area contributed by atoms with E-state index in [1.54, 1.807) is 29.7 Å². The molecule has 0 radical (unpaired) electrons. The van der Waals surface area contributed by atoms with E-state index in [9.17, 15) is 0 Å². The molecule has 0 fully saturated rings. The van der Waals surface area contributed by atoms with Crippen LogP contribution in [0, 0.1) is 0 Å². The molecule has 1 aliphatic heterocycles. The number of benzene rings is 2. The summed E-state index contributed by atoms with van der Waals surface area (Å²) in [6, 6.07) is 9.27. The number of nitrogens with two attached hydrogens (primary N) is 1. The number of hydrogen-bond acceptors (Lipinski definition) is 7. The van der Waals surface area contributed by atoms with Gasteiger partial charge in [0, 0.05) is 12.3 Å². The maximum atomic E-state index is 6.52. The van der Waals surface area contributed by atoms with E-state index in [-0.39, 0.29) is 0 Å². The predicted molar refractivity (Wildman–Crippen MR) is 116 cm³/mol. The standard InChI is InChI=1S/C19H18Cl2N6O2/c1-28-13-9-14(29-2)17(21)18(16(13)20)25-19-24-11-5-3-4-6-12(11)27(19)26-10-23-8-7-15(26)22/h3-10,15H,22H2,1-2H3,(H,24,25). The number of rotatable bonds is 5. The molecule has 29 heavy (non-hydrogen) atoms. The molecule has 8 nitrogen and oxygen atoms in total. The minimum absolute atomic E-state index is 0.299. The summed E-state index contributed by atoms with van der Waals surface area (Å²) in [5.41, 5.74) is 8.24. The van der Waals surface area contributed by atoms with Gasteiger partial charge in [-0.1, -0.05) is 35.3 Å². The Balaban J connectivity index is 1.89. The molecule has 0 spiro atoms. The molecule has 2 aromatic carbocycles. The van der Waals surface area contributed by atoms with Crippen molar-refractivity contribution in [1.82, 2.24) is 9.66 Å². The Morgan fingerprint density at radius 3 is 2.45 bits per heavy atom. The molecule has 0 saturated heterocycles. The number of fused-ring (bicyclic) bond motifs is 1. The third-order valence-electron chi connectivity index (χ3n) is 4.44. The van der Waals surface area contributed by atoms with Crippen LogP contribution in [0.4, 0.5) is 11.6 Å².